The van der Waals surface area contributed by atoms with E-state index in [1.807, 2.05) is 0 Å². The molecule has 8 nitrogen and oxygen atoms in total. The van der Waals surface area contributed by atoms with Crippen molar-refractivity contribution in [1.29, 1.82) is 0 Å². The predicted octanol–water partition coefficient (Wildman–Crippen LogP) is 1.44. The minimum absolute atomic E-state index is 0.0220. The smallest absolute Gasteiger partial charge is 0.237 e. The fraction of sp³-hybridized carbons (Fsp3) is 0.762. The van der Waals surface area contributed by atoms with E-state index in [1.54, 1.807) is 6.92 Å². The topological polar surface area (TPSA) is 135 Å². The highest BCUT2D eigenvalue weighted by Crippen LogP contribution is 2.08. The molecule has 3 unspecified atom stereocenters. The fourth-order valence-corrected chi connectivity index (χ4v) is 2.82. The Bertz CT molecular complexity index is 577. The number of unbranched alkanes of at least 4 members (excludes halogenated alkanes) is 1. The molecular formula is C21H37N3O5. The molecule has 0 rings (SSSR count). The standard InChI is InChI=1S/C21H37N3O5/c1-14(8-9-15(2)25)20(28)23-12-6-5-7-18(13-17(4)27)24-21(29)19(22)11-10-16(3)26/h14,18-19H,5-13,22H2,1-4H3,(H,23,28)(H,24,29). The van der Waals surface area contributed by atoms with E-state index in [1.165, 1.54) is 20.8 Å². The maximum absolute atomic E-state index is 12.2. The Morgan fingerprint density at radius 2 is 1.38 bits per heavy atom. The van der Waals surface area contributed by atoms with Crippen molar-refractivity contribution in [2.24, 2.45) is 11.7 Å². The Hall–Kier alpha value is -2.09. The summed E-state index contributed by atoms with van der Waals surface area (Å²) in [7, 11) is 0. The normalized spacial score (nSPS) is 13.8. The van der Waals surface area contributed by atoms with Crippen LogP contribution in [0.4, 0.5) is 0 Å². The number of rotatable bonds is 16. The van der Waals surface area contributed by atoms with Crippen LogP contribution in [0.1, 0.15) is 79.1 Å². The maximum atomic E-state index is 12.2. The Balaban J connectivity index is 4.27. The fourth-order valence-electron chi connectivity index (χ4n) is 2.82. The summed E-state index contributed by atoms with van der Waals surface area (Å²) < 4.78 is 0. The van der Waals surface area contributed by atoms with Gasteiger partial charge in [-0.15, -0.1) is 0 Å². The van der Waals surface area contributed by atoms with Crippen LogP contribution in [-0.2, 0) is 24.0 Å². The van der Waals surface area contributed by atoms with Gasteiger partial charge in [0.2, 0.25) is 11.8 Å². The van der Waals surface area contributed by atoms with Gasteiger partial charge in [0.05, 0.1) is 6.04 Å². The van der Waals surface area contributed by atoms with Crippen molar-refractivity contribution >= 4 is 29.2 Å². The molecule has 0 aromatic rings. The summed E-state index contributed by atoms with van der Waals surface area (Å²) in [4.78, 5) is 57.6. The summed E-state index contributed by atoms with van der Waals surface area (Å²) in [5.74, 6) is -0.614. The van der Waals surface area contributed by atoms with Crippen LogP contribution >= 0.6 is 0 Å². The van der Waals surface area contributed by atoms with Crippen LogP contribution in [0, 0.1) is 5.92 Å². The highest BCUT2D eigenvalue weighted by Gasteiger charge is 2.19. The lowest BCUT2D eigenvalue weighted by Crippen LogP contribution is -2.46. The molecule has 0 fully saturated rings. The monoisotopic (exact) mass is 411 g/mol. The number of Topliss-reactive ketones (excluding diaryl/α,β-unsaturated/α-hetero) is 3. The zero-order valence-corrected chi connectivity index (χ0v) is 18.2. The molecule has 3 atom stereocenters. The SMILES string of the molecule is CC(=O)CCC(C)C(=O)NCCCCC(CC(C)=O)NC(=O)C(N)CCC(C)=O. The third-order valence-corrected chi connectivity index (χ3v) is 4.68. The van der Waals surface area contributed by atoms with Crippen molar-refractivity contribution in [1.82, 2.24) is 10.6 Å². The van der Waals surface area contributed by atoms with Gasteiger partial charge in [-0.25, -0.2) is 0 Å². The average molecular weight is 412 g/mol. The minimum Gasteiger partial charge on any atom is -0.356 e. The van der Waals surface area contributed by atoms with E-state index in [2.05, 4.69) is 10.6 Å². The molecule has 2 amide bonds. The number of carbonyl (C=O) groups excluding carboxylic acids is 5. The molecule has 29 heavy (non-hydrogen) atoms. The lowest BCUT2D eigenvalue weighted by molar-refractivity contribution is -0.125. The lowest BCUT2D eigenvalue weighted by Gasteiger charge is -2.20. The van der Waals surface area contributed by atoms with Gasteiger partial charge in [0.1, 0.15) is 17.3 Å². The molecule has 0 aliphatic heterocycles. The van der Waals surface area contributed by atoms with Crippen LogP contribution in [-0.4, -0.2) is 47.8 Å². The zero-order chi connectivity index (χ0) is 22.4. The van der Waals surface area contributed by atoms with Crippen molar-refractivity contribution in [3.05, 3.63) is 0 Å². The highest BCUT2D eigenvalue weighted by atomic mass is 16.2. The van der Waals surface area contributed by atoms with Crippen molar-refractivity contribution in [2.75, 3.05) is 6.54 Å². The van der Waals surface area contributed by atoms with Gasteiger partial charge in [-0.05, 0) is 52.9 Å². The Morgan fingerprint density at radius 3 is 1.93 bits per heavy atom. The molecule has 8 heteroatoms. The maximum Gasteiger partial charge on any atom is 0.237 e. The van der Waals surface area contributed by atoms with E-state index in [0.29, 0.717) is 32.2 Å². The van der Waals surface area contributed by atoms with Crippen molar-refractivity contribution in [2.45, 2.75) is 91.1 Å². The molecule has 0 spiro atoms. The van der Waals surface area contributed by atoms with Crippen molar-refractivity contribution < 1.29 is 24.0 Å². The molecule has 0 saturated carbocycles. The Labute approximate surface area is 173 Å². The first-order valence-electron chi connectivity index (χ1n) is 10.3. The molecule has 0 aromatic heterocycles. The summed E-state index contributed by atoms with van der Waals surface area (Å²) in [6, 6.07) is -1.09. The molecule has 0 aliphatic rings. The van der Waals surface area contributed by atoms with Crippen LogP contribution < -0.4 is 16.4 Å². The van der Waals surface area contributed by atoms with Crippen molar-refractivity contribution in [3.8, 4) is 0 Å². The number of carbonyl (C=O) groups is 5. The number of ketones is 3. The third-order valence-electron chi connectivity index (χ3n) is 4.68. The third kappa shape index (κ3) is 14.5. The van der Waals surface area contributed by atoms with Gasteiger partial charge >= 0.3 is 0 Å². The minimum atomic E-state index is -0.774. The summed E-state index contributed by atoms with van der Waals surface area (Å²) in [5.41, 5.74) is 5.81. The van der Waals surface area contributed by atoms with Gasteiger partial charge < -0.3 is 26.0 Å². The van der Waals surface area contributed by atoms with Crippen LogP contribution in [0.25, 0.3) is 0 Å². The molecule has 0 heterocycles. The summed E-state index contributed by atoms with van der Waals surface area (Å²) in [6.45, 7) is 6.73. The molecule has 0 aliphatic carbocycles. The zero-order valence-electron chi connectivity index (χ0n) is 18.2. The largest absolute Gasteiger partial charge is 0.356 e. The molecule has 0 radical (unpaired) electrons. The van der Waals surface area contributed by atoms with Gasteiger partial charge in [-0.3, -0.25) is 14.4 Å². The summed E-state index contributed by atoms with van der Waals surface area (Å²) >= 11 is 0. The average Bonchev–Trinajstić information content (AvgIpc) is 2.62. The summed E-state index contributed by atoms with van der Waals surface area (Å²) in [5, 5.41) is 5.65. The first-order valence-corrected chi connectivity index (χ1v) is 10.3. The molecule has 0 bridgehead atoms. The second-order valence-corrected chi connectivity index (χ2v) is 7.89. The van der Waals surface area contributed by atoms with Crippen LogP contribution in [0.2, 0.25) is 0 Å². The number of amides is 2. The Kier molecular flexibility index (Phi) is 13.8. The molecule has 4 N–H and O–H groups in total. The predicted molar refractivity (Wildman–Crippen MR) is 111 cm³/mol. The van der Waals surface area contributed by atoms with Crippen molar-refractivity contribution in [3.63, 3.8) is 0 Å². The van der Waals surface area contributed by atoms with Crippen LogP contribution in [0.15, 0.2) is 0 Å². The molecule has 0 aromatic carbocycles. The number of hydrogen-bond acceptors (Lipinski definition) is 6. The van der Waals surface area contributed by atoms with E-state index < -0.39 is 6.04 Å². The number of nitrogens with one attached hydrogen (secondary N) is 2. The van der Waals surface area contributed by atoms with E-state index >= 15 is 0 Å². The van der Waals surface area contributed by atoms with Gasteiger partial charge in [-0.1, -0.05) is 6.92 Å². The van der Waals surface area contributed by atoms with Gasteiger partial charge in [-0.2, -0.15) is 0 Å². The molecule has 0 saturated heterocycles. The van der Waals surface area contributed by atoms with E-state index in [-0.39, 0.29) is 60.4 Å². The van der Waals surface area contributed by atoms with Crippen LogP contribution in [0.5, 0.6) is 0 Å². The van der Waals surface area contributed by atoms with E-state index in [4.69, 9.17) is 5.73 Å². The lowest BCUT2D eigenvalue weighted by atomic mass is 10.0. The van der Waals surface area contributed by atoms with Crippen LogP contribution in [0.3, 0.4) is 0 Å². The van der Waals surface area contributed by atoms with E-state index in [0.717, 1.165) is 6.42 Å². The first-order chi connectivity index (χ1) is 13.5. The van der Waals surface area contributed by atoms with Gasteiger partial charge in [0, 0.05) is 37.8 Å². The highest BCUT2D eigenvalue weighted by molar-refractivity contribution is 5.84. The molecular weight excluding hydrogens is 374 g/mol. The first kappa shape index (κ1) is 26.9. The second kappa shape index (κ2) is 14.8. The van der Waals surface area contributed by atoms with Gasteiger partial charge in [0.25, 0.3) is 0 Å². The number of hydrogen-bond donors (Lipinski definition) is 3. The Morgan fingerprint density at radius 1 is 0.793 bits per heavy atom. The molecule has 166 valence electrons. The van der Waals surface area contributed by atoms with E-state index in [9.17, 15) is 24.0 Å². The van der Waals surface area contributed by atoms with Gasteiger partial charge in [0.15, 0.2) is 0 Å². The second-order valence-electron chi connectivity index (χ2n) is 7.89. The summed E-state index contributed by atoms with van der Waals surface area (Å²) in [6.07, 6.45) is 3.72. The quantitative estimate of drug-likeness (QED) is 0.329. The number of nitrogens with two attached hydrogens (primary N) is 1.